The molecule has 0 saturated heterocycles. The van der Waals surface area contributed by atoms with Crippen molar-refractivity contribution >= 4 is 23.2 Å². The Balaban J connectivity index is 1.59. The first-order chi connectivity index (χ1) is 16.7. The average molecular weight is 496 g/mol. The van der Waals surface area contributed by atoms with Crippen molar-refractivity contribution in [2.75, 3.05) is 6.54 Å². The lowest BCUT2D eigenvalue weighted by atomic mass is 9.87. The second-order valence-electron chi connectivity index (χ2n) is 9.30. The van der Waals surface area contributed by atoms with E-state index in [1.165, 1.54) is 23.5 Å². The summed E-state index contributed by atoms with van der Waals surface area (Å²) in [5.41, 5.74) is 3.16. The van der Waals surface area contributed by atoms with Gasteiger partial charge in [0.2, 0.25) is 5.91 Å². The highest BCUT2D eigenvalue weighted by atomic mass is 32.1. The maximum Gasteiger partial charge on any atom is 0.270 e. The van der Waals surface area contributed by atoms with E-state index in [0.29, 0.717) is 23.0 Å². The van der Waals surface area contributed by atoms with Crippen LogP contribution in [0.15, 0.2) is 47.8 Å². The summed E-state index contributed by atoms with van der Waals surface area (Å²) in [5.74, 6) is -0.0400. The van der Waals surface area contributed by atoms with Crippen LogP contribution in [0.2, 0.25) is 0 Å². The molecule has 0 bridgehead atoms. The number of halogens is 1. The number of hydrogen-bond donors (Lipinski definition) is 1. The van der Waals surface area contributed by atoms with Crippen molar-refractivity contribution in [3.05, 3.63) is 81.1 Å². The molecule has 0 saturated carbocycles. The number of amides is 2. The van der Waals surface area contributed by atoms with E-state index in [4.69, 9.17) is 4.74 Å². The predicted molar refractivity (Wildman–Crippen MR) is 134 cm³/mol. The van der Waals surface area contributed by atoms with Gasteiger partial charge in [-0.2, -0.15) is 0 Å². The van der Waals surface area contributed by atoms with Crippen LogP contribution in [0.5, 0.6) is 5.75 Å². The van der Waals surface area contributed by atoms with E-state index in [1.807, 2.05) is 56.9 Å². The molecule has 0 fully saturated rings. The molecule has 1 aliphatic rings. The average Bonchev–Trinajstić information content (AvgIpc) is 3.30. The maximum atomic E-state index is 14.1. The first kappa shape index (κ1) is 24.9. The van der Waals surface area contributed by atoms with Crippen LogP contribution < -0.4 is 10.1 Å². The molecule has 4 rings (SSSR count). The second-order valence-corrected chi connectivity index (χ2v) is 10.2. The standard InChI is InChI=1S/C27H30FN3O3S/c1-16(2)27(33)31-11-10-18-8-9-21(13-22(18)25(31)19-6-5-7-20(28)12-19)34-14-24-30-23(15-35-24)26(32)29-17(3)4/h5-9,12-13,15-17,25H,10-11,14H2,1-4H3,(H,29,32). The molecule has 1 atom stereocenters. The van der Waals surface area contributed by atoms with Crippen LogP contribution in [0.25, 0.3) is 0 Å². The van der Waals surface area contributed by atoms with Crippen LogP contribution in [0, 0.1) is 11.7 Å². The van der Waals surface area contributed by atoms with Crippen LogP contribution in [0.3, 0.4) is 0 Å². The molecule has 8 heteroatoms. The Kier molecular flexibility index (Phi) is 7.50. The van der Waals surface area contributed by atoms with Crippen molar-refractivity contribution in [2.45, 2.75) is 52.8 Å². The van der Waals surface area contributed by atoms with E-state index in [-0.39, 0.29) is 42.2 Å². The minimum atomic E-state index is -0.390. The summed E-state index contributed by atoms with van der Waals surface area (Å²) in [4.78, 5) is 31.4. The zero-order chi connectivity index (χ0) is 25.1. The summed E-state index contributed by atoms with van der Waals surface area (Å²) in [6.45, 7) is 8.35. The molecular formula is C27H30FN3O3S. The molecule has 1 aromatic heterocycles. The zero-order valence-electron chi connectivity index (χ0n) is 20.4. The zero-order valence-corrected chi connectivity index (χ0v) is 21.2. The number of aromatic nitrogens is 1. The van der Waals surface area contributed by atoms with E-state index < -0.39 is 0 Å². The summed E-state index contributed by atoms with van der Waals surface area (Å²) in [6, 6.07) is 11.9. The van der Waals surface area contributed by atoms with Crippen molar-refractivity contribution in [3.63, 3.8) is 0 Å². The summed E-state index contributed by atoms with van der Waals surface area (Å²) in [5, 5.41) is 5.24. The van der Waals surface area contributed by atoms with Crippen molar-refractivity contribution in [1.29, 1.82) is 0 Å². The number of nitrogens with one attached hydrogen (secondary N) is 1. The molecule has 0 aliphatic carbocycles. The quantitative estimate of drug-likeness (QED) is 0.493. The lowest BCUT2D eigenvalue weighted by Crippen LogP contribution is -2.42. The van der Waals surface area contributed by atoms with Gasteiger partial charge in [-0.15, -0.1) is 11.3 Å². The van der Waals surface area contributed by atoms with Gasteiger partial charge in [0.1, 0.15) is 28.9 Å². The normalized spacial score (nSPS) is 15.3. The Hall–Kier alpha value is -3.26. The van der Waals surface area contributed by atoms with E-state index >= 15 is 0 Å². The molecule has 6 nitrogen and oxygen atoms in total. The molecular weight excluding hydrogens is 465 g/mol. The van der Waals surface area contributed by atoms with Gasteiger partial charge in [0.15, 0.2) is 0 Å². The number of rotatable bonds is 7. The Morgan fingerprint density at radius 3 is 2.71 bits per heavy atom. The molecule has 184 valence electrons. The number of carbonyl (C=O) groups excluding carboxylic acids is 2. The topological polar surface area (TPSA) is 71.5 Å². The van der Waals surface area contributed by atoms with Gasteiger partial charge in [-0.3, -0.25) is 9.59 Å². The first-order valence-electron chi connectivity index (χ1n) is 11.8. The second kappa shape index (κ2) is 10.6. The molecule has 1 N–H and O–H groups in total. The molecule has 35 heavy (non-hydrogen) atoms. The summed E-state index contributed by atoms with van der Waals surface area (Å²) < 4.78 is 20.2. The third kappa shape index (κ3) is 5.70. The highest BCUT2D eigenvalue weighted by Crippen LogP contribution is 2.38. The monoisotopic (exact) mass is 495 g/mol. The summed E-state index contributed by atoms with van der Waals surface area (Å²) in [6.07, 6.45) is 0.723. The number of carbonyl (C=O) groups is 2. The van der Waals surface area contributed by atoms with E-state index in [1.54, 1.807) is 11.4 Å². The first-order valence-corrected chi connectivity index (χ1v) is 12.7. The molecule has 2 heterocycles. The SMILES string of the molecule is CC(C)NC(=O)c1csc(COc2ccc3c(c2)C(c2cccc(F)c2)N(C(=O)C(C)C)CC3)n1. The molecule has 1 unspecified atom stereocenters. The Morgan fingerprint density at radius 1 is 1.20 bits per heavy atom. The largest absolute Gasteiger partial charge is 0.486 e. The van der Waals surface area contributed by atoms with Crippen molar-refractivity contribution in [1.82, 2.24) is 15.2 Å². The molecule has 2 aromatic carbocycles. The van der Waals surface area contributed by atoms with Gasteiger partial charge in [0.05, 0.1) is 6.04 Å². The van der Waals surface area contributed by atoms with Gasteiger partial charge in [0.25, 0.3) is 5.91 Å². The third-order valence-electron chi connectivity index (χ3n) is 5.85. The lowest BCUT2D eigenvalue weighted by molar-refractivity contribution is -0.136. The van der Waals surface area contributed by atoms with Gasteiger partial charge in [-0.1, -0.05) is 32.0 Å². The number of hydrogen-bond acceptors (Lipinski definition) is 5. The van der Waals surface area contributed by atoms with E-state index in [2.05, 4.69) is 10.3 Å². The van der Waals surface area contributed by atoms with Crippen LogP contribution >= 0.6 is 11.3 Å². The van der Waals surface area contributed by atoms with Crippen LogP contribution in [0.4, 0.5) is 4.39 Å². The predicted octanol–water partition coefficient (Wildman–Crippen LogP) is 5.13. The Morgan fingerprint density at radius 2 is 2.00 bits per heavy atom. The molecule has 0 radical (unpaired) electrons. The van der Waals surface area contributed by atoms with E-state index in [9.17, 15) is 14.0 Å². The maximum absolute atomic E-state index is 14.1. The molecule has 1 aliphatic heterocycles. The number of nitrogens with zero attached hydrogens (tertiary/aromatic N) is 2. The summed E-state index contributed by atoms with van der Waals surface area (Å²) >= 11 is 1.37. The highest BCUT2D eigenvalue weighted by Gasteiger charge is 2.33. The van der Waals surface area contributed by atoms with Gasteiger partial charge >= 0.3 is 0 Å². The molecule has 3 aromatic rings. The Bertz CT molecular complexity index is 1220. The lowest BCUT2D eigenvalue weighted by Gasteiger charge is -2.39. The molecule has 2 amide bonds. The fraction of sp³-hybridized carbons (Fsp3) is 0.370. The number of thiazole rings is 1. The van der Waals surface area contributed by atoms with Crippen molar-refractivity contribution in [2.24, 2.45) is 5.92 Å². The van der Waals surface area contributed by atoms with Gasteiger partial charge in [-0.25, -0.2) is 9.37 Å². The third-order valence-corrected chi connectivity index (χ3v) is 6.68. The number of ether oxygens (including phenoxy) is 1. The van der Waals surface area contributed by atoms with Gasteiger partial charge in [0, 0.05) is 23.9 Å². The highest BCUT2D eigenvalue weighted by molar-refractivity contribution is 7.09. The fourth-order valence-electron chi connectivity index (χ4n) is 4.25. The fourth-order valence-corrected chi connectivity index (χ4v) is 4.94. The van der Waals surface area contributed by atoms with Gasteiger partial charge in [-0.05, 0) is 61.2 Å². The molecule has 0 spiro atoms. The van der Waals surface area contributed by atoms with Crippen molar-refractivity contribution < 1.29 is 18.7 Å². The summed E-state index contributed by atoms with van der Waals surface area (Å²) in [7, 11) is 0. The van der Waals surface area contributed by atoms with Crippen LogP contribution in [-0.2, 0) is 17.8 Å². The van der Waals surface area contributed by atoms with Crippen LogP contribution in [0.1, 0.15) is 65.9 Å². The number of benzene rings is 2. The number of fused-ring (bicyclic) bond motifs is 1. The van der Waals surface area contributed by atoms with Gasteiger partial charge < -0.3 is 15.0 Å². The van der Waals surface area contributed by atoms with Crippen molar-refractivity contribution in [3.8, 4) is 5.75 Å². The van der Waals surface area contributed by atoms with E-state index in [0.717, 1.165) is 23.1 Å². The minimum Gasteiger partial charge on any atom is -0.486 e. The minimum absolute atomic E-state index is 0.0335. The Labute approximate surface area is 209 Å². The smallest absolute Gasteiger partial charge is 0.270 e. The van der Waals surface area contributed by atoms with Crippen LogP contribution in [-0.4, -0.2) is 34.3 Å².